The van der Waals surface area contributed by atoms with E-state index in [0.717, 1.165) is 5.69 Å². The van der Waals surface area contributed by atoms with Gasteiger partial charge in [-0.2, -0.15) is 5.10 Å². The second-order valence-electron chi connectivity index (χ2n) is 5.45. The van der Waals surface area contributed by atoms with Gasteiger partial charge in [-0.25, -0.2) is 0 Å². The molecule has 1 saturated carbocycles. The van der Waals surface area contributed by atoms with E-state index in [-0.39, 0.29) is 12.2 Å². The van der Waals surface area contributed by atoms with Crippen molar-refractivity contribution in [1.29, 1.82) is 0 Å². The highest BCUT2D eigenvalue weighted by molar-refractivity contribution is 6.42. The first-order valence-corrected chi connectivity index (χ1v) is 7.91. The van der Waals surface area contributed by atoms with Gasteiger partial charge in [-0.15, -0.1) is 0 Å². The van der Waals surface area contributed by atoms with Gasteiger partial charge in [-0.3, -0.25) is 9.48 Å². The fourth-order valence-corrected chi connectivity index (χ4v) is 3.08. The van der Waals surface area contributed by atoms with Crippen LogP contribution in [0.4, 0.5) is 0 Å². The van der Waals surface area contributed by atoms with Gasteiger partial charge in [-0.1, -0.05) is 36.0 Å². The Labute approximate surface area is 133 Å². The Bertz CT molecular complexity index is 660. The summed E-state index contributed by atoms with van der Waals surface area (Å²) in [6, 6.07) is 7.38. The fourth-order valence-electron chi connectivity index (χ4n) is 2.78. The number of ketones is 1. The third-order valence-corrected chi connectivity index (χ3v) is 4.68. The van der Waals surface area contributed by atoms with E-state index in [9.17, 15) is 4.79 Å². The first kappa shape index (κ1) is 14.6. The number of Topliss-reactive ketones (excluding diaryl/α,β-unsaturated/α-hetero) is 1. The number of halogens is 2. The van der Waals surface area contributed by atoms with Gasteiger partial charge in [-0.05, 0) is 37.1 Å². The van der Waals surface area contributed by atoms with Crippen LogP contribution in [0.1, 0.15) is 47.8 Å². The Hall–Kier alpha value is -1.32. The molecule has 0 aliphatic heterocycles. The maximum atomic E-state index is 12.3. The van der Waals surface area contributed by atoms with Crippen molar-refractivity contribution in [2.75, 3.05) is 0 Å². The van der Waals surface area contributed by atoms with Crippen molar-refractivity contribution in [3.8, 4) is 0 Å². The molecule has 3 rings (SSSR count). The highest BCUT2D eigenvalue weighted by Gasteiger charge is 2.18. The van der Waals surface area contributed by atoms with E-state index in [0.29, 0.717) is 21.7 Å². The Kier molecular flexibility index (Phi) is 4.32. The van der Waals surface area contributed by atoms with Crippen LogP contribution in [0.2, 0.25) is 10.0 Å². The van der Waals surface area contributed by atoms with Gasteiger partial charge in [0, 0.05) is 11.8 Å². The van der Waals surface area contributed by atoms with Crippen LogP contribution < -0.4 is 0 Å². The monoisotopic (exact) mass is 322 g/mol. The Morgan fingerprint density at radius 2 is 1.95 bits per heavy atom. The zero-order valence-corrected chi connectivity index (χ0v) is 13.1. The smallest absolute Gasteiger partial charge is 0.168 e. The number of hydrogen-bond acceptors (Lipinski definition) is 2. The zero-order valence-electron chi connectivity index (χ0n) is 11.6. The summed E-state index contributed by atoms with van der Waals surface area (Å²) < 4.78 is 2.00. The molecule has 0 bridgehead atoms. The normalized spacial score (nSPS) is 15.5. The summed E-state index contributed by atoms with van der Waals surface area (Å²) in [7, 11) is 0. The lowest BCUT2D eigenvalue weighted by Crippen LogP contribution is -2.08. The standard InChI is InChI=1S/C16H16Cl2N2O/c17-14-6-5-11(9-15(14)18)16(21)10-12-7-8-20(19-12)13-3-1-2-4-13/h5-9,13H,1-4,10H2. The molecule has 3 nitrogen and oxygen atoms in total. The predicted molar refractivity (Wildman–Crippen MR) is 84.2 cm³/mol. The molecule has 1 aliphatic carbocycles. The molecular formula is C16H16Cl2N2O. The van der Waals surface area contributed by atoms with E-state index in [4.69, 9.17) is 23.2 Å². The molecule has 1 aliphatic rings. The van der Waals surface area contributed by atoms with E-state index >= 15 is 0 Å². The van der Waals surface area contributed by atoms with Crippen LogP contribution in [-0.2, 0) is 6.42 Å². The van der Waals surface area contributed by atoms with Gasteiger partial charge in [0.15, 0.2) is 5.78 Å². The van der Waals surface area contributed by atoms with Crippen molar-refractivity contribution in [2.45, 2.75) is 38.1 Å². The molecule has 5 heteroatoms. The quantitative estimate of drug-likeness (QED) is 0.762. The van der Waals surface area contributed by atoms with E-state index in [1.807, 2.05) is 16.9 Å². The van der Waals surface area contributed by atoms with Crippen LogP contribution >= 0.6 is 23.2 Å². The average molecular weight is 323 g/mol. The van der Waals surface area contributed by atoms with Gasteiger partial charge >= 0.3 is 0 Å². The van der Waals surface area contributed by atoms with Crippen molar-refractivity contribution in [3.05, 3.63) is 51.8 Å². The van der Waals surface area contributed by atoms with Crippen LogP contribution in [0.15, 0.2) is 30.5 Å². The van der Waals surface area contributed by atoms with Gasteiger partial charge in [0.1, 0.15) is 0 Å². The summed E-state index contributed by atoms with van der Waals surface area (Å²) in [4.78, 5) is 12.3. The van der Waals surface area contributed by atoms with Crippen LogP contribution in [0.3, 0.4) is 0 Å². The zero-order chi connectivity index (χ0) is 14.8. The van der Waals surface area contributed by atoms with Crippen LogP contribution in [0, 0.1) is 0 Å². The number of carbonyl (C=O) groups excluding carboxylic acids is 1. The number of aromatic nitrogens is 2. The third-order valence-electron chi connectivity index (χ3n) is 3.95. The van der Waals surface area contributed by atoms with Crippen molar-refractivity contribution in [1.82, 2.24) is 9.78 Å². The SMILES string of the molecule is O=C(Cc1ccn(C2CCCC2)n1)c1ccc(Cl)c(Cl)c1. The molecular weight excluding hydrogens is 307 g/mol. The largest absolute Gasteiger partial charge is 0.294 e. The van der Waals surface area contributed by atoms with E-state index in [1.54, 1.807) is 18.2 Å². The molecule has 1 heterocycles. The maximum Gasteiger partial charge on any atom is 0.168 e. The topological polar surface area (TPSA) is 34.9 Å². The van der Waals surface area contributed by atoms with Crippen LogP contribution in [0.5, 0.6) is 0 Å². The van der Waals surface area contributed by atoms with Crippen LogP contribution in [0.25, 0.3) is 0 Å². The molecule has 0 spiro atoms. The first-order valence-electron chi connectivity index (χ1n) is 7.16. The molecule has 110 valence electrons. The molecule has 1 aromatic carbocycles. The lowest BCUT2D eigenvalue weighted by Gasteiger charge is -2.08. The Morgan fingerprint density at radius 3 is 2.67 bits per heavy atom. The Balaban J connectivity index is 1.70. The number of carbonyl (C=O) groups is 1. The number of rotatable bonds is 4. The second kappa shape index (κ2) is 6.20. The molecule has 0 atom stereocenters. The van der Waals surface area contributed by atoms with Crippen molar-refractivity contribution in [2.24, 2.45) is 0 Å². The minimum atomic E-state index is 0.00485. The summed E-state index contributed by atoms with van der Waals surface area (Å²) in [6.07, 6.45) is 7.17. The van der Waals surface area contributed by atoms with Gasteiger partial charge < -0.3 is 0 Å². The third kappa shape index (κ3) is 3.30. The lowest BCUT2D eigenvalue weighted by molar-refractivity contribution is 0.0991. The first-order chi connectivity index (χ1) is 10.1. The van der Waals surface area contributed by atoms with E-state index in [2.05, 4.69) is 5.10 Å². The highest BCUT2D eigenvalue weighted by Crippen LogP contribution is 2.29. The summed E-state index contributed by atoms with van der Waals surface area (Å²) in [5.41, 5.74) is 1.37. The molecule has 1 fully saturated rings. The minimum Gasteiger partial charge on any atom is -0.294 e. The van der Waals surface area contributed by atoms with Crippen molar-refractivity contribution in [3.63, 3.8) is 0 Å². The van der Waals surface area contributed by atoms with Gasteiger partial charge in [0.25, 0.3) is 0 Å². The van der Waals surface area contributed by atoms with E-state index in [1.165, 1.54) is 25.7 Å². The second-order valence-corrected chi connectivity index (χ2v) is 6.27. The van der Waals surface area contributed by atoms with Gasteiger partial charge in [0.05, 0.1) is 28.2 Å². The Morgan fingerprint density at radius 1 is 1.19 bits per heavy atom. The highest BCUT2D eigenvalue weighted by atomic mass is 35.5. The molecule has 0 unspecified atom stereocenters. The molecule has 0 amide bonds. The van der Waals surface area contributed by atoms with Gasteiger partial charge in [0.2, 0.25) is 0 Å². The number of nitrogens with zero attached hydrogens (tertiary/aromatic N) is 2. The number of hydrogen-bond donors (Lipinski definition) is 0. The maximum absolute atomic E-state index is 12.3. The molecule has 0 N–H and O–H groups in total. The average Bonchev–Trinajstić information content (AvgIpc) is 3.12. The van der Waals surface area contributed by atoms with Crippen molar-refractivity contribution < 1.29 is 4.79 Å². The lowest BCUT2D eigenvalue weighted by atomic mass is 10.1. The number of benzene rings is 1. The molecule has 0 radical (unpaired) electrons. The van der Waals surface area contributed by atoms with Crippen LogP contribution in [-0.4, -0.2) is 15.6 Å². The summed E-state index contributed by atoms with van der Waals surface area (Å²) in [5.74, 6) is 0.00485. The molecule has 1 aromatic heterocycles. The fraction of sp³-hybridized carbons (Fsp3) is 0.375. The predicted octanol–water partition coefficient (Wildman–Crippen LogP) is 4.73. The molecule has 2 aromatic rings. The minimum absolute atomic E-state index is 0.00485. The van der Waals surface area contributed by atoms with Crippen molar-refractivity contribution >= 4 is 29.0 Å². The molecule has 21 heavy (non-hydrogen) atoms. The summed E-state index contributed by atoms with van der Waals surface area (Å²) in [5, 5.41) is 5.39. The van der Waals surface area contributed by atoms with E-state index < -0.39 is 0 Å². The summed E-state index contributed by atoms with van der Waals surface area (Å²) in [6.45, 7) is 0. The summed E-state index contributed by atoms with van der Waals surface area (Å²) >= 11 is 11.8. The molecule has 0 saturated heterocycles.